The van der Waals surface area contributed by atoms with Crippen molar-refractivity contribution < 1.29 is 0 Å². The van der Waals surface area contributed by atoms with Gasteiger partial charge in [0.25, 0.3) is 0 Å². The van der Waals surface area contributed by atoms with Crippen LogP contribution in [0.15, 0.2) is 12.3 Å². The fraction of sp³-hybridized carbons (Fsp3) is 0.375. The highest BCUT2D eigenvalue weighted by Crippen LogP contribution is 2.19. The van der Waals surface area contributed by atoms with Gasteiger partial charge in [-0.1, -0.05) is 11.6 Å². The third kappa shape index (κ3) is 2.09. The quantitative estimate of drug-likeness (QED) is 0.753. The van der Waals surface area contributed by atoms with Gasteiger partial charge in [0.1, 0.15) is 5.82 Å². The van der Waals surface area contributed by atoms with Crippen molar-refractivity contribution >= 4 is 17.4 Å². The fourth-order valence-corrected chi connectivity index (χ4v) is 1.14. The molecule has 12 heavy (non-hydrogen) atoms. The summed E-state index contributed by atoms with van der Waals surface area (Å²) in [5, 5.41) is 3.67. The second kappa shape index (κ2) is 4.28. The van der Waals surface area contributed by atoms with Gasteiger partial charge < -0.3 is 11.1 Å². The Morgan fingerprint density at radius 2 is 2.42 bits per heavy atom. The molecule has 66 valence electrons. The van der Waals surface area contributed by atoms with Crippen molar-refractivity contribution in [2.24, 2.45) is 5.73 Å². The molecule has 0 radical (unpaired) electrons. The van der Waals surface area contributed by atoms with E-state index in [1.165, 1.54) is 0 Å². The van der Waals surface area contributed by atoms with Crippen LogP contribution < -0.4 is 11.1 Å². The number of nitrogens with two attached hydrogens (primary N) is 1. The van der Waals surface area contributed by atoms with Gasteiger partial charge in [0, 0.05) is 19.3 Å². The largest absolute Gasteiger partial charge is 0.369 e. The Hall–Kier alpha value is -0.800. The minimum atomic E-state index is 0.471. The molecule has 0 aromatic carbocycles. The summed E-state index contributed by atoms with van der Waals surface area (Å²) in [5.41, 5.74) is 6.37. The number of anilines is 1. The Balaban J connectivity index is 2.87. The SMILES string of the molecule is CCNc1ncc(CN)cc1Cl. The van der Waals surface area contributed by atoms with Gasteiger partial charge in [0.05, 0.1) is 5.02 Å². The van der Waals surface area contributed by atoms with Crippen LogP contribution in [0.5, 0.6) is 0 Å². The Bertz CT molecular complexity index is 262. The average Bonchev–Trinajstić information content (AvgIpc) is 2.09. The van der Waals surface area contributed by atoms with E-state index in [9.17, 15) is 0 Å². The molecule has 0 saturated heterocycles. The monoisotopic (exact) mass is 185 g/mol. The third-order valence-corrected chi connectivity index (χ3v) is 1.77. The van der Waals surface area contributed by atoms with Gasteiger partial charge in [-0.25, -0.2) is 4.98 Å². The minimum absolute atomic E-state index is 0.471. The van der Waals surface area contributed by atoms with E-state index in [4.69, 9.17) is 17.3 Å². The summed E-state index contributed by atoms with van der Waals surface area (Å²) in [7, 11) is 0. The highest BCUT2D eigenvalue weighted by molar-refractivity contribution is 6.32. The molecular weight excluding hydrogens is 174 g/mol. The predicted octanol–water partition coefficient (Wildman–Crippen LogP) is 1.63. The van der Waals surface area contributed by atoms with E-state index in [0.29, 0.717) is 11.6 Å². The van der Waals surface area contributed by atoms with Crippen molar-refractivity contribution in [2.75, 3.05) is 11.9 Å². The predicted molar refractivity (Wildman–Crippen MR) is 51.3 cm³/mol. The summed E-state index contributed by atoms with van der Waals surface area (Å²) < 4.78 is 0. The van der Waals surface area contributed by atoms with Crippen molar-refractivity contribution in [1.82, 2.24) is 4.98 Å². The van der Waals surface area contributed by atoms with Crippen LogP contribution in [0.1, 0.15) is 12.5 Å². The Kier molecular flexibility index (Phi) is 3.31. The zero-order valence-electron chi connectivity index (χ0n) is 6.97. The van der Waals surface area contributed by atoms with Crippen LogP contribution in [-0.4, -0.2) is 11.5 Å². The van der Waals surface area contributed by atoms with Crippen LogP contribution in [0.3, 0.4) is 0 Å². The van der Waals surface area contributed by atoms with E-state index in [1.54, 1.807) is 6.20 Å². The zero-order chi connectivity index (χ0) is 8.97. The van der Waals surface area contributed by atoms with Gasteiger partial charge in [0.15, 0.2) is 0 Å². The molecular formula is C8H12ClN3. The van der Waals surface area contributed by atoms with Crippen LogP contribution in [-0.2, 0) is 6.54 Å². The number of aromatic nitrogens is 1. The summed E-state index contributed by atoms with van der Waals surface area (Å²) in [5.74, 6) is 0.719. The number of hydrogen-bond acceptors (Lipinski definition) is 3. The molecule has 4 heteroatoms. The van der Waals surface area contributed by atoms with Gasteiger partial charge in [-0.05, 0) is 18.6 Å². The number of hydrogen-bond donors (Lipinski definition) is 2. The van der Waals surface area contributed by atoms with Crippen molar-refractivity contribution in [2.45, 2.75) is 13.5 Å². The molecule has 1 aromatic rings. The molecule has 0 unspecified atom stereocenters. The molecule has 0 spiro atoms. The molecule has 1 heterocycles. The first kappa shape index (κ1) is 9.29. The molecule has 1 aromatic heterocycles. The van der Waals surface area contributed by atoms with E-state index in [0.717, 1.165) is 17.9 Å². The molecule has 1 rings (SSSR count). The van der Waals surface area contributed by atoms with Crippen LogP contribution in [0.4, 0.5) is 5.82 Å². The van der Waals surface area contributed by atoms with Gasteiger partial charge in [-0.15, -0.1) is 0 Å². The Morgan fingerprint density at radius 3 is 2.92 bits per heavy atom. The Morgan fingerprint density at radius 1 is 1.67 bits per heavy atom. The summed E-state index contributed by atoms with van der Waals surface area (Å²) in [6.45, 7) is 3.28. The molecule has 3 N–H and O–H groups in total. The summed E-state index contributed by atoms with van der Waals surface area (Å²) in [6, 6.07) is 1.83. The first-order valence-corrected chi connectivity index (χ1v) is 4.24. The summed E-state index contributed by atoms with van der Waals surface area (Å²) in [6.07, 6.45) is 1.73. The van der Waals surface area contributed by atoms with E-state index in [-0.39, 0.29) is 0 Å². The molecule has 0 saturated carbocycles. The first-order valence-electron chi connectivity index (χ1n) is 3.86. The smallest absolute Gasteiger partial charge is 0.144 e. The van der Waals surface area contributed by atoms with Crippen LogP contribution in [0.2, 0.25) is 5.02 Å². The first-order chi connectivity index (χ1) is 5.77. The molecule has 0 bridgehead atoms. The maximum absolute atomic E-state index is 5.91. The number of pyridine rings is 1. The summed E-state index contributed by atoms with van der Waals surface area (Å²) in [4.78, 5) is 4.12. The lowest BCUT2D eigenvalue weighted by molar-refractivity contribution is 1.04. The topological polar surface area (TPSA) is 50.9 Å². The van der Waals surface area contributed by atoms with Gasteiger partial charge >= 0.3 is 0 Å². The van der Waals surface area contributed by atoms with E-state index >= 15 is 0 Å². The Labute approximate surface area is 76.9 Å². The molecule has 0 aliphatic carbocycles. The van der Waals surface area contributed by atoms with Gasteiger partial charge in [-0.3, -0.25) is 0 Å². The lowest BCUT2D eigenvalue weighted by Crippen LogP contribution is -2.02. The number of halogens is 1. The van der Waals surface area contributed by atoms with Crippen molar-refractivity contribution in [3.05, 3.63) is 22.8 Å². The maximum Gasteiger partial charge on any atom is 0.144 e. The third-order valence-electron chi connectivity index (χ3n) is 1.48. The average molecular weight is 186 g/mol. The number of nitrogens with one attached hydrogen (secondary N) is 1. The van der Waals surface area contributed by atoms with Gasteiger partial charge in [-0.2, -0.15) is 0 Å². The summed E-state index contributed by atoms with van der Waals surface area (Å²) >= 11 is 5.91. The van der Waals surface area contributed by atoms with E-state index < -0.39 is 0 Å². The fourth-order valence-electron chi connectivity index (χ4n) is 0.887. The number of rotatable bonds is 3. The van der Waals surface area contributed by atoms with Crippen molar-refractivity contribution in [3.8, 4) is 0 Å². The highest BCUT2D eigenvalue weighted by atomic mass is 35.5. The second-order valence-electron chi connectivity index (χ2n) is 2.41. The maximum atomic E-state index is 5.91. The minimum Gasteiger partial charge on any atom is -0.369 e. The molecule has 0 fully saturated rings. The highest BCUT2D eigenvalue weighted by Gasteiger charge is 2.00. The molecule has 0 aliphatic heterocycles. The van der Waals surface area contributed by atoms with E-state index in [2.05, 4.69) is 10.3 Å². The normalized spacial score (nSPS) is 9.92. The molecule has 3 nitrogen and oxygen atoms in total. The van der Waals surface area contributed by atoms with Crippen molar-refractivity contribution in [3.63, 3.8) is 0 Å². The lowest BCUT2D eigenvalue weighted by atomic mass is 10.3. The second-order valence-corrected chi connectivity index (χ2v) is 2.82. The van der Waals surface area contributed by atoms with Gasteiger partial charge in [0.2, 0.25) is 0 Å². The molecule has 0 aliphatic rings. The number of nitrogens with zero attached hydrogens (tertiary/aromatic N) is 1. The van der Waals surface area contributed by atoms with E-state index in [1.807, 2.05) is 13.0 Å². The lowest BCUT2D eigenvalue weighted by Gasteiger charge is -2.05. The standard InChI is InChI=1S/C8H12ClN3/c1-2-11-8-7(9)3-6(4-10)5-12-8/h3,5H,2,4,10H2,1H3,(H,11,12). The van der Waals surface area contributed by atoms with Crippen LogP contribution in [0.25, 0.3) is 0 Å². The van der Waals surface area contributed by atoms with Crippen molar-refractivity contribution in [1.29, 1.82) is 0 Å². The molecule has 0 atom stereocenters. The molecule has 0 amide bonds. The zero-order valence-corrected chi connectivity index (χ0v) is 7.73. The van der Waals surface area contributed by atoms with Crippen LogP contribution >= 0.6 is 11.6 Å². The van der Waals surface area contributed by atoms with Crippen LogP contribution in [0, 0.1) is 0 Å².